The van der Waals surface area contributed by atoms with Crippen LogP contribution in [0, 0.1) is 0 Å². The predicted molar refractivity (Wildman–Crippen MR) is 78.3 cm³/mol. The highest BCUT2D eigenvalue weighted by atomic mass is 32.2. The van der Waals surface area contributed by atoms with Crippen molar-refractivity contribution in [2.75, 3.05) is 25.2 Å². The van der Waals surface area contributed by atoms with E-state index in [2.05, 4.69) is 20.0 Å². The van der Waals surface area contributed by atoms with Gasteiger partial charge >= 0.3 is 0 Å². The van der Waals surface area contributed by atoms with E-state index in [1.54, 1.807) is 18.9 Å². The van der Waals surface area contributed by atoms with Crippen LogP contribution in [0.3, 0.4) is 0 Å². The molecule has 0 aliphatic heterocycles. The van der Waals surface area contributed by atoms with Crippen molar-refractivity contribution in [1.82, 2.24) is 0 Å². The van der Waals surface area contributed by atoms with Crippen LogP contribution in [0.5, 0.6) is 0 Å². The Bertz CT molecular complexity index is 191. The molecule has 1 N–H and O–H groups in total. The zero-order chi connectivity index (χ0) is 13.3. The Morgan fingerprint density at radius 3 is 2.53 bits per heavy atom. The summed E-state index contributed by atoms with van der Waals surface area (Å²) in [7, 11) is 0.372. The standard InChI is InChI=1S/C12H28O3SSi/c1-6-11(2)15-9-12(13)10-16-7-8-17(4,5)14-3/h11-13H,6-10H2,1-5H3. The van der Waals surface area contributed by atoms with Gasteiger partial charge in [0.15, 0.2) is 8.32 Å². The SMILES string of the molecule is CCC(C)OCC(O)CSCC[Si](C)(C)OC. The molecule has 0 aromatic rings. The van der Waals surface area contributed by atoms with Gasteiger partial charge in [-0.3, -0.25) is 0 Å². The van der Waals surface area contributed by atoms with Gasteiger partial charge in [-0.05, 0) is 38.2 Å². The van der Waals surface area contributed by atoms with E-state index in [-0.39, 0.29) is 12.2 Å². The van der Waals surface area contributed by atoms with Crippen molar-refractivity contribution in [3.8, 4) is 0 Å². The third kappa shape index (κ3) is 10.1. The maximum Gasteiger partial charge on any atom is 0.187 e. The van der Waals surface area contributed by atoms with Crippen molar-refractivity contribution in [2.45, 2.75) is 51.6 Å². The molecule has 0 saturated carbocycles. The molecule has 0 aromatic heterocycles. The molecule has 0 fully saturated rings. The second-order valence-electron chi connectivity index (χ2n) is 4.99. The fraction of sp³-hybridized carbons (Fsp3) is 1.00. The fourth-order valence-electron chi connectivity index (χ4n) is 1.08. The van der Waals surface area contributed by atoms with Gasteiger partial charge in [-0.2, -0.15) is 11.8 Å². The third-order valence-corrected chi connectivity index (χ3v) is 6.89. The number of thioether (sulfide) groups is 1. The molecule has 0 bridgehead atoms. The highest BCUT2D eigenvalue weighted by Gasteiger charge is 2.19. The lowest BCUT2D eigenvalue weighted by Crippen LogP contribution is -2.29. The van der Waals surface area contributed by atoms with Gasteiger partial charge < -0.3 is 14.3 Å². The molecule has 3 nitrogen and oxygen atoms in total. The van der Waals surface area contributed by atoms with E-state index in [0.29, 0.717) is 6.61 Å². The molecule has 0 aliphatic rings. The number of ether oxygens (including phenoxy) is 1. The maximum absolute atomic E-state index is 9.71. The number of hydrogen-bond acceptors (Lipinski definition) is 4. The van der Waals surface area contributed by atoms with Crippen molar-refractivity contribution in [3.63, 3.8) is 0 Å². The summed E-state index contributed by atoms with van der Waals surface area (Å²) in [5.74, 6) is 1.82. The molecule has 5 heteroatoms. The molecular formula is C12H28O3SSi. The van der Waals surface area contributed by atoms with Crippen molar-refractivity contribution in [3.05, 3.63) is 0 Å². The Balaban J connectivity index is 3.48. The average Bonchev–Trinajstić information content (AvgIpc) is 2.31. The molecule has 0 rings (SSSR count). The molecule has 2 atom stereocenters. The van der Waals surface area contributed by atoms with Crippen LogP contribution in [-0.2, 0) is 9.16 Å². The van der Waals surface area contributed by atoms with E-state index in [4.69, 9.17) is 9.16 Å². The van der Waals surface area contributed by atoms with E-state index in [1.165, 1.54) is 0 Å². The first-order chi connectivity index (χ1) is 7.91. The normalized spacial score (nSPS) is 15.9. The van der Waals surface area contributed by atoms with Gasteiger partial charge in [0.2, 0.25) is 0 Å². The van der Waals surface area contributed by atoms with Crippen molar-refractivity contribution >= 4 is 20.1 Å². The molecule has 2 unspecified atom stereocenters. The van der Waals surface area contributed by atoms with Crippen molar-refractivity contribution < 1.29 is 14.3 Å². The highest BCUT2D eigenvalue weighted by Crippen LogP contribution is 2.15. The third-order valence-electron chi connectivity index (χ3n) is 2.86. The Morgan fingerprint density at radius 2 is 2.00 bits per heavy atom. The monoisotopic (exact) mass is 280 g/mol. The predicted octanol–water partition coefficient (Wildman–Crippen LogP) is 2.75. The van der Waals surface area contributed by atoms with Crippen LogP contribution < -0.4 is 0 Å². The first-order valence-corrected chi connectivity index (χ1v) is 10.6. The Kier molecular flexibility index (Phi) is 9.63. The van der Waals surface area contributed by atoms with Crippen molar-refractivity contribution in [1.29, 1.82) is 0 Å². The minimum Gasteiger partial charge on any atom is -0.420 e. The summed E-state index contributed by atoms with van der Waals surface area (Å²) >= 11 is 1.79. The molecule has 17 heavy (non-hydrogen) atoms. The second kappa shape index (κ2) is 9.39. The van der Waals surface area contributed by atoms with Crippen LogP contribution in [0.1, 0.15) is 20.3 Å². The van der Waals surface area contributed by atoms with E-state index in [9.17, 15) is 5.11 Å². The van der Waals surface area contributed by atoms with Gasteiger partial charge in [-0.1, -0.05) is 6.92 Å². The zero-order valence-corrected chi connectivity index (χ0v) is 13.7. The summed E-state index contributed by atoms with van der Waals surface area (Å²) in [6.45, 7) is 9.01. The van der Waals surface area contributed by atoms with Gasteiger partial charge in [0.25, 0.3) is 0 Å². The quantitative estimate of drug-likeness (QED) is 0.493. The van der Waals surface area contributed by atoms with E-state index < -0.39 is 8.32 Å². The molecule has 0 amide bonds. The smallest absolute Gasteiger partial charge is 0.187 e. The topological polar surface area (TPSA) is 38.7 Å². The van der Waals surface area contributed by atoms with Crippen molar-refractivity contribution in [2.24, 2.45) is 0 Å². The van der Waals surface area contributed by atoms with Gasteiger partial charge in [0.05, 0.1) is 18.8 Å². The molecule has 0 aliphatic carbocycles. The Hall–Kier alpha value is 0.447. The van der Waals surface area contributed by atoms with Crippen LogP contribution in [0.25, 0.3) is 0 Å². The van der Waals surface area contributed by atoms with Gasteiger partial charge in [-0.15, -0.1) is 0 Å². The summed E-state index contributed by atoms with van der Waals surface area (Å²) in [6.07, 6.45) is 0.892. The molecular weight excluding hydrogens is 252 g/mol. The number of aliphatic hydroxyl groups excluding tert-OH is 1. The lowest BCUT2D eigenvalue weighted by molar-refractivity contribution is 0.00590. The molecule has 0 saturated heterocycles. The van der Waals surface area contributed by atoms with Gasteiger partial charge in [-0.25, -0.2) is 0 Å². The minimum absolute atomic E-state index is 0.245. The molecule has 0 spiro atoms. The number of rotatable bonds is 10. The van der Waals surface area contributed by atoms with Crippen LogP contribution in [0.4, 0.5) is 0 Å². The lowest BCUT2D eigenvalue weighted by atomic mass is 10.3. The van der Waals surface area contributed by atoms with Crippen LogP contribution in [0.15, 0.2) is 0 Å². The van der Waals surface area contributed by atoms with Crippen LogP contribution in [-0.4, -0.2) is 50.9 Å². The summed E-state index contributed by atoms with van der Waals surface area (Å²) in [4.78, 5) is 0. The Morgan fingerprint density at radius 1 is 1.35 bits per heavy atom. The summed E-state index contributed by atoms with van der Waals surface area (Å²) in [5, 5.41) is 9.71. The van der Waals surface area contributed by atoms with E-state index in [0.717, 1.165) is 24.0 Å². The van der Waals surface area contributed by atoms with E-state index in [1.807, 2.05) is 6.92 Å². The first kappa shape index (κ1) is 17.4. The van der Waals surface area contributed by atoms with Gasteiger partial charge in [0.1, 0.15) is 0 Å². The van der Waals surface area contributed by atoms with E-state index >= 15 is 0 Å². The molecule has 0 aromatic carbocycles. The molecule has 0 heterocycles. The summed E-state index contributed by atoms with van der Waals surface area (Å²) in [5.41, 5.74) is 0. The van der Waals surface area contributed by atoms with Crippen LogP contribution in [0.2, 0.25) is 19.1 Å². The zero-order valence-electron chi connectivity index (χ0n) is 11.9. The first-order valence-electron chi connectivity index (χ1n) is 6.34. The molecule has 104 valence electrons. The number of aliphatic hydroxyl groups is 1. The second-order valence-corrected chi connectivity index (χ2v) is 10.6. The maximum atomic E-state index is 9.71. The Labute approximate surface area is 111 Å². The molecule has 0 radical (unpaired) electrons. The number of hydrogen-bond donors (Lipinski definition) is 1. The summed E-state index contributed by atoms with van der Waals surface area (Å²) < 4.78 is 11.0. The summed E-state index contributed by atoms with van der Waals surface area (Å²) in [6, 6.07) is 1.13. The van der Waals surface area contributed by atoms with Gasteiger partial charge in [0, 0.05) is 12.9 Å². The lowest BCUT2D eigenvalue weighted by Gasteiger charge is -2.20. The highest BCUT2D eigenvalue weighted by molar-refractivity contribution is 7.99. The minimum atomic E-state index is -1.43. The largest absolute Gasteiger partial charge is 0.420 e. The average molecular weight is 281 g/mol. The van der Waals surface area contributed by atoms with Crippen LogP contribution >= 0.6 is 11.8 Å². The fourth-order valence-corrected chi connectivity index (χ4v) is 4.36.